The molecular formula is C89H151N23O16. The molecule has 0 spiro atoms. The predicted molar refractivity (Wildman–Crippen MR) is 488 cm³/mol. The third-order valence-corrected chi connectivity index (χ3v) is 23.4. The average molecular weight is 1800 g/mol. The van der Waals surface area contributed by atoms with Gasteiger partial charge in [0.1, 0.15) is 88.6 Å². The lowest BCUT2D eigenvalue weighted by Crippen LogP contribution is -2.65. The van der Waals surface area contributed by atoms with Crippen LogP contribution in [-0.4, -0.2) is 227 Å². The molecular weight excluding hydrogens is 1650 g/mol. The van der Waals surface area contributed by atoms with Crippen LogP contribution in [0.2, 0.25) is 0 Å². The van der Waals surface area contributed by atoms with Crippen molar-refractivity contribution >= 4 is 105 Å². The molecule has 39 heteroatoms. The number of primary amides is 1. The minimum atomic E-state index is -1.84. The first-order valence-corrected chi connectivity index (χ1v) is 45.7. The fourth-order valence-electron chi connectivity index (χ4n) is 15.1. The van der Waals surface area contributed by atoms with Gasteiger partial charge in [0, 0.05) is 30.4 Å². The lowest BCUT2D eigenvalue weighted by atomic mass is 9.91. The van der Waals surface area contributed by atoms with Crippen LogP contribution < -0.4 is 120 Å². The van der Waals surface area contributed by atoms with Crippen LogP contribution in [0.1, 0.15) is 261 Å². The standard InChI is InChI=1S/C89H151N23O16/c1-56(72(115)103-64(71(96)114)38-20-30-48-90)100-82(125)86(6)44-26-14-10-11-15-27-45-87(7,83(126)101-57(2)73(116)104-65(39-21-31-49-91)76(119)98-58(3)74(117)109-86)112-81(124)69(43-25-35-53-95)106-78(121)67(41-23-33-51-93)107-84(127)88(8)46-28-16-12-13-17-29-47-89(9,111-80(123)68(102-60(5)113)42-24-34-52-94)85(128)108-70(54-61-55-97-63-37-19-18-36-62(61)63)79(122)105-66(40-22-32-50-92)77(120)99-59(4)75(118)110-88/h10-13,18-19,36-37,55-59,64-70,97H,14-17,20-35,38-54,90-95H2,1-9H3,(H2,96,114)(H,98,119)(H,99,120)(H,100,125)(H,101,126)(H,102,113)(H,103,115)(H,104,116)(H,105,122)(H,106,121)(H,107,127)(H,108,128)(H,109,117)(H,110,118)(H,111,123)(H,112,124)/b11-10-,13-12-/t56-,57-,58-,59-,64-,65-,66-,67-,68-,69-,70-,86+,87+,88+,89+/m0/s1. The van der Waals surface area contributed by atoms with E-state index < -0.39 is 183 Å². The Morgan fingerprint density at radius 1 is 0.414 bits per heavy atom. The maximum absolute atomic E-state index is 15.4. The second-order valence-electron chi connectivity index (χ2n) is 34.9. The predicted octanol–water partition coefficient (Wildman–Crippen LogP) is -0.278. The number of allylic oxidation sites excluding steroid dienone is 4. The van der Waals surface area contributed by atoms with E-state index in [1.807, 2.05) is 48.6 Å². The van der Waals surface area contributed by atoms with Crippen molar-refractivity contribution in [3.05, 3.63) is 60.3 Å². The second-order valence-corrected chi connectivity index (χ2v) is 34.9. The van der Waals surface area contributed by atoms with Crippen LogP contribution in [0.25, 0.3) is 10.9 Å². The lowest BCUT2D eigenvalue weighted by Gasteiger charge is -2.34. The molecule has 0 saturated carbocycles. The molecule has 2 aliphatic rings. The highest BCUT2D eigenvalue weighted by molar-refractivity contribution is 6.03. The molecule has 718 valence electrons. The molecule has 128 heavy (non-hydrogen) atoms. The summed E-state index contributed by atoms with van der Waals surface area (Å²) in [5.41, 5.74) is 35.1. The number of nitrogens with one attached hydrogen (secondary N) is 16. The van der Waals surface area contributed by atoms with Gasteiger partial charge in [-0.25, -0.2) is 0 Å². The number of nitrogens with two attached hydrogens (primary N) is 7. The molecule has 3 heterocycles. The molecule has 1 aromatic heterocycles. The van der Waals surface area contributed by atoms with Gasteiger partial charge in [0.25, 0.3) is 0 Å². The zero-order valence-corrected chi connectivity index (χ0v) is 76.8. The molecule has 2 aromatic rings. The maximum atomic E-state index is 15.4. The SMILES string of the molecule is CC(=O)N[C@@H](CCCCN)C(=O)N[C@]1(C)CCC/C=C\CCC[C@](C)(C(=O)N[C@@H](CCCCN)C(=O)N[C@@H](CCCCN)C(=O)N[C@]2(C)CCC/C=C\CCC[C@](C)(C(=O)N[C@@H](C)C(=O)N[C@@H](CCCCN)C(N)=O)NC(=O)[C@H](C)NC(=O)[C@H](CCCCN)NC(=O)[C@H](C)NC2=O)NC(=O)[C@H](C)NC(=O)[C@H](CCCCN)NC(=O)[C@H](Cc2c[nH]c3ccccc23)NC1=O. The van der Waals surface area contributed by atoms with Crippen LogP contribution in [0, 0.1) is 0 Å². The summed E-state index contributed by atoms with van der Waals surface area (Å²) in [6, 6.07) is -6.81. The number of benzene rings is 1. The third kappa shape index (κ3) is 37.3. The monoisotopic (exact) mass is 1800 g/mol. The number of fused-ring (bicyclic) bond motifs is 1. The number of hydrogen-bond acceptors (Lipinski definition) is 22. The van der Waals surface area contributed by atoms with Crippen molar-refractivity contribution in [2.24, 2.45) is 40.1 Å². The lowest BCUT2D eigenvalue weighted by molar-refractivity contribution is -0.139. The summed E-state index contributed by atoms with van der Waals surface area (Å²) in [5.74, 6) is -12.2. The highest BCUT2D eigenvalue weighted by Gasteiger charge is 2.45. The van der Waals surface area contributed by atoms with Gasteiger partial charge in [0.15, 0.2) is 0 Å². The molecule has 1 aromatic carbocycles. The molecule has 0 saturated heterocycles. The van der Waals surface area contributed by atoms with Gasteiger partial charge < -0.3 is 125 Å². The Hall–Kier alpha value is -10.5. The second kappa shape index (κ2) is 56.8. The van der Waals surface area contributed by atoms with E-state index in [4.69, 9.17) is 40.1 Å². The molecule has 0 fully saturated rings. The van der Waals surface area contributed by atoms with Gasteiger partial charge in [0.05, 0.1) is 0 Å². The Bertz CT molecular complexity index is 4050. The highest BCUT2D eigenvalue weighted by atomic mass is 16.2. The molecule has 0 unspecified atom stereocenters. The maximum Gasteiger partial charge on any atom is 0.246 e. The van der Waals surface area contributed by atoms with Crippen molar-refractivity contribution < 1.29 is 76.7 Å². The average Bonchev–Trinajstić information content (AvgIpc) is 1.56. The molecule has 30 N–H and O–H groups in total. The molecule has 16 amide bonds. The van der Waals surface area contributed by atoms with E-state index in [-0.39, 0.29) is 129 Å². The number of para-hydroxylation sites is 1. The third-order valence-electron chi connectivity index (χ3n) is 23.4. The molecule has 15 atom stereocenters. The van der Waals surface area contributed by atoms with Crippen molar-refractivity contribution in [3.63, 3.8) is 0 Å². The van der Waals surface area contributed by atoms with E-state index >= 15 is 24.0 Å². The molecule has 0 bridgehead atoms. The van der Waals surface area contributed by atoms with E-state index in [0.29, 0.717) is 115 Å². The van der Waals surface area contributed by atoms with Crippen molar-refractivity contribution in [2.45, 2.75) is 350 Å². The summed E-state index contributed by atoms with van der Waals surface area (Å²) in [6.07, 6.45) is 16.8. The topological polar surface area (TPSA) is 651 Å². The summed E-state index contributed by atoms with van der Waals surface area (Å²) in [4.78, 5) is 233. The minimum absolute atomic E-state index is 0.00875. The van der Waals surface area contributed by atoms with E-state index in [1.165, 1.54) is 62.3 Å². The quantitative estimate of drug-likeness (QED) is 0.0301. The van der Waals surface area contributed by atoms with Crippen LogP contribution in [-0.2, 0) is 83.1 Å². The Kier molecular flexibility index (Phi) is 48.7. The fraction of sp³-hybridized carbons (Fsp3) is 0.685. The van der Waals surface area contributed by atoms with E-state index in [1.54, 1.807) is 6.20 Å². The summed E-state index contributed by atoms with van der Waals surface area (Å²) in [5, 5.41) is 42.4. The van der Waals surface area contributed by atoms with Gasteiger partial charge in [-0.2, -0.15) is 0 Å². The number of amides is 16. The Morgan fingerprint density at radius 2 is 0.789 bits per heavy atom. The first-order valence-electron chi connectivity index (χ1n) is 45.7. The number of carbonyl (C=O) groups excluding carboxylic acids is 16. The molecule has 2 aliphatic heterocycles. The Labute approximate surface area is 753 Å². The zero-order chi connectivity index (χ0) is 95.2. The van der Waals surface area contributed by atoms with Crippen molar-refractivity contribution in [1.82, 2.24) is 84.7 Å². The smallest absolute Gasteiger partial charge is 0.246 e. The van der Waals surface area contributed by atoms with Crippen LogP contribution in [0.4, 0.5) is 0 Å². The van der Waals surface area contributed by atoms with Gasteiger partial charge in [-0.05, 0) is 299 Å². The normalized spacial score (nSPS) is 25.0. The van der Waals surface area contributed by atoms with E-state index in [2.05, 4.69) is 84.7 Å². The summed E-state index contributed by atoms with van der Waals surface area (Å²) < 4.78 is 0. The van der Waals surface area contributed by atoms with Gasteiger partial charge in [-0.15, -0.1) is 0 Å². The van der Waals surface area contributed by atoms with Crippen molar-refractivity contribution in [3.8, 4) is 0 Å². The van der Waals surface area contributed by atoms with Crippen LogP contribution >= 0.6 is 0 Å². The van der Waals surface area contributed by atoms with Gasteiger partial charge in [-0.1, -0.05) is 42.5 Å². The van der Waals surface area contributed by atoms with Gasteiger partial charge in [-0.3, -0.25) is 76.7 Å². The number of hydrogen-bond donors (Lipinski definition) is 23. The molecule has 0 aliphatic carbocycles. The number of H-pyrrole nitrogens is 1. The summed E-state index contributed by atoms with van der Waals surface area (Å²) in [6.45, 7) is 14.3. The van der Waals surface area contributed by atoms with Gasteiger partial charge >= 0.3 is 0 Å². The number of carbonyl (C=O) groups is 16. The number of aromatic nitrogens is 1. The Balaban J connectivity index is 1.74. The van der Waals surface area contributed by atoms with Crippen LogP contribution in [0.15, 0.2) is 54.8 Å². The first kappa shape index (κ1) is 110. The summed E-state index contributed by atoms with van der Waals surface area (Å²) in [7, 11) is 0. The van der Waals surface area contributed by atoms with Gasteiger partial charge in [0.2, 0.25) is 94.5 Å². The van der Waals surface area contributed by atoms with Crippen molar-refractivity contribution in [2.75, 3.05) is 39.3 Å². The fourth-order valence-corrected chi connectivity index (χ4v) is 15.1. The van der Waals surface area contributed by atoms with E-state index in [9.17, 15) is 52.7 Å². The highest BCUT2D eigenvalue weighted by Crippen LogP contribution is 2.26. The Morgan fingerprint density at radius 3 is 1.23 bits per heavy atom. The zero-order valence-electron chi connectivity index (χ0n) is 76.8. The molecule has 4 rings (SSSR count). The minimum Gasteiger partial charge on any atom is -0.368 e. The van der Waals surface area contributed by atoms with Crippen molar-refractivity contribution in [1.29, 1.82) is 0 Å². The largest absolute Gasteiger partial charge is 0.368 e. The molecule has 39 nitrogen and oxygen atoms in total. The summed E-state index contributed by atoms with van der Waals surface area (Å²) >= 11 is 0. The number of aromatic amines is 1. The molecule has 0 radical (unpaired) electrons. The van der Waals surface area contributed by atoms with Crippen LogP contribution in [0.3, 0.4) is 0 Å². The first-order chi connectivity index (χ1) is 60.8. The number of rotatable bonds is 40. The number of unbranched alkanes of at least 4 members (excludes halogenated alkanes) is 6. The van der Waals surface area contributed by atoms with E-state index in [0.717, 1.165) is 10.9 Å². The van der Waals surface area contributed by atoms with Crippen LogP contribution in [0.5, 0.6) is 0 Å².